The number of anilines is 1. The van der Waals surface area contributed by atoms with Gasteiger partial charge in [0.1, 0.15) is 5.75 Å². The topological polar surface area (TPSA) is 64.4 Å². The molecule has 1 aromatic carbocycles. The van der Waals surface area contributed by atoms with Crippen molar-refractivity contribution in [3.63, 3.8) is 0 Å². The van der Waals surface area contributed by atoms with Gasteiger partial charge in [-0.2, -0.15) is 0 Å². The van der Waals surface area contributed by atoms with Crippen molar-refractivity contribution in [2.75, 3.05) is 11.9 Å². The van der Waals surface area contributed by atoms with Gasteiger partial charge in [0.25, 0.3) is 0 Å². The first kappa shape index (κ1) is 15.3. The first-order chi connectivity index (χ1) is 10.1. The molecule has 5 nitrogen and oxygen atoms in total. The van der Waals surface area contributed by atoms with Gasteiger partial charge in [-0.15, -0.1) is 0 Å². The molecule has 0 amide bonds. The Morgan fingerprint density at radius 2 is 2.19 bits per heavy atom. The lowest BCUT2D eigenvalue weighted by Gasteiger charge is -2.13. The summed E-state index contributed by atoms with van der Waals surface area (Å²) in [4.78, 5) is 10.3. The van der Waals surface area contributed by atoms with Gasteiger partial charge in [-0.3, -0.25) is 10.1 Å². The third-order valence-electron chi connectivity index (χ3n) is 2.90. The Morgan fingerprint density at radius 3 is 2.86 bits per heavy atom. The van der Waals surface area contributed by atoms with Crippen molar-refractivity contribution < 1.29 is 9.66 Å². The molecule has 0 saturated carbocycles. The SMILES string of the molecule is CCCOc1cc(C)ccc1NCc1csc([N+](=O)[O-])c1. The van der Waals surface area contributed by atoms with E-state index in [-0.39, 0.29) is 9.92 Å². The molecule has 0 aliphatic rings. The molecule has 0 aliphatic heterocycles. The Bertz CT molecular complexity index is 625. The summed E-state index contributed by atoms with van der Waals surface area (Å²) >= 11 is 1.14. The standard InChI is InChI=1S/C15H18N2O3S/c1-3-6-20-14-7-11(2)4-5-13(14)16-9-12-8-15(17(18)19)21-10-12/h4-5,7-8,10,16H,3,6,9H2,1-2H3. The van der Waals surface area contributed by atoms with Crippen molar-refractivity contribution in [2.45, 2.75) is 26.8 Å². The lowest BCUT2D eigenvalue weighted by atomic mass is 10.2. The highest BCUT2D eigenvalue weighted by molar-refractivity contribution is 7.13. The summed E-state index contributed by atoms with van der Waals surface area (Å²) < 4.78 is 5.73. The summed E-state index contributed by atoms with van der Waals surface area (Å²) in [5.41, 5.74) is 2.94. The van der Waals surface area contributed by atoms with Crippen LogP contribution in [0.4, 0.5) is 10.7 Å². The van der Waals surface area contributed by atoms with Crippen LogP contribution in [-0.4, -0.2) is 11.5 Å². The summed E-state index contributed by atoms with van der Waals surface area (Å²) in [6.45, 7) is 5.29. The minimum atomic E-state index is -0.365. The van der Waals surface area contributed by atoms with Gasteiger partial charge < -0.3 is 10.1 Å². The van der Waals surface area contributed by atoms with E-state index in [1.165, 1.54) is 0 Å². The summed E-state index contributed by atoms with van der Waals surface area (Å²) in [6, 6.07) is 7.57. The smallest absolute Gasteiger partial charge is 0.324 e. The molecule has 0 spiro atoms. The van der Waals surface area contributed by atoms with E-state index in [0.717, 1.165) is 40.3 Å². The number of nitrogens with one attached hydrogen (secondary N) is 1. The highest BCUT2D eigenvalue weighted by Gasteiger charge is 2.10. The van der Waals surface area contributed by atoms with E-state index in [9.17, 15) is 10.1 Å². The number of nitro groups is 1. The Kier molecular flexibility index (Phi) is 5.16. The molecule has 0 saturated heterocycles. The monoisotopic (exact) mass is 306 g/mol. The Balaban J connectivity index is 2.06. The second kappa shape index (κ2) is 7.08. The number of benzene rings is 1. The molecule has 1 N–H and O–H groups in total. The molecule has 0 atom stereocenters. The average Bonchev–Trinajstić information content (AvgIpc) is 2.93. The summed E-state index contributed by atoms with van der Waals surface area (Å²) in [7, 11) is 0. The third-order valence-corrected chi connectivity index (χ3v) is 3.83. The maximum Gasteiger partial charge on any atom is 0.324 e. The Hall–Kier alpha value is -2.08. The van der Waals surface area contributed by atoms with Gasteiger partial charge in [0.2, 0.25) is 0 Å². The number of thiophene rings is 1. The highest BCUT2D eigenvalue weighted by Crippen LogP contribution is 2.28. The number of hydrogen-bond acceptors (Lipinski definition) is 5. The minimum Gasteiger partial charge on any atom is -0.491 e. The van der Waals surface area contributed by atoms with Crippen molar-refractivity contribution in [1.82, 2.24) is 0 Å². The van der Waals surface area contributed by atoms with E-state index in [1.807, 2.05) is 25.1 Å². The van der Waals surface area contributed by atoms with Crippen LogP contribution in [0, 0.1) is 17.0 Å². The summed E-state index contributed by atoms with van der Waals surface area (Å²) in [5, 5.41) is 15.9. The van der Waals surface area contributed by atoms with E-state index in [2.05, 4.69) is 12.2 Å². The largest absolute Gasteiger partial charge is 0.491 e. The molecule has 0 bridgehead atoms. The molecule has 0 radical (unpaired) electrons. The number of rotatable bonds is 7. The maximum absolute atomic E-state index is 10.7. The second-order valence-corrected chi connectivity index (χ2v) is 5.64. The first-order valence-corrected chi connectivity index (χ1v) is 7.67. The molecule has 112 valence electrons. The molecule has 0 unspecified atom stereocenters. The molecule has 2 rings (SSSR count). The molecule has 0 aliphatic carbocycles. The van der Waals surface area contributed by atoms with Crippen molar-refractivity contribution >= 4 is 22.0 Å². The molecule has 2 aromatic rings. The zero-order chi connectivity index (χ0) is 15.2. The Morgan fingerprint density at radius 1 is 1.38 bits per heavy atom. The van der Waals surface area contributed by atoms with Crippen LogP contribution >= 0.6 is 11.3 Å². The fourth-order valence-electron chi connectivity index (χ4n) is 1.86. The van der Waals surface area contributed by atoms with Gasteiger partial charge in [-0.25, -0.2) is 0 Å². The average molecular weight is 306 g/mol. The van der Waals surface area contributed by atoms with Crippen LogP contribution in [0.15, 0.2) is 29.6 Å². The third kappa shape index (κ3) is 4.19. The van der Waals surface area contributed by atoms with Crippen LogP contribution in [-0.2, 0) is 6.54 Å². The minimum absolute atomic E-state index is 0.165. The highest BCUT2D eigenvalue weighted by atomic mass is 32.1. The maximum atomic E-state index is 10.7. The Labute approximate surface area is 127 Å². The van der Waals surface area contributed by atoms with E-state index >= 15 is 0 Å². The van der Waals surface area contributed by atoms with Crippen LogP contribution < -0.4 is 10.1 Å². The number of nitrogens with zero attached hydrogens (tertiary/aromatic N) is 1. The van der Waals surface area contributed by atoms with E-state index in [0.29, 0.717) is 13.2 Å². The van der Waals surface area contributed by atoms with E-state index in [1.54, 1.807) is 11.4 Å². The van der Waals surface area contributed by atoms with E-state index < -0.39 is 0 Å². The van der Waals surface area contributed by atoms with Gasteiger partial charge >= 0.3 is 5.00 Å². The van der Waals surface area contributed by atoms with Gasteiger partial charge in [-0.05, 0) is 36.6 Å². The number of hydrogen-bond donors (Lipinski definition) is 1. The lowest BCUT2D eigenvalue weighted by Crippen LogP contribution is -2.03. The zero-order valence-corrected chi connectivity index (χ0v) is 12.9. The number of aryl methyl sites for hydroxylation is 1. The first-order valence-electron chi connectivity index (χ1n) is 6.79. The molecule has 21 heavy (non-hydrogen) atoms. The number of ether oxygens (including phenoxy) is 1. The summed E-state index contributed by atoms with van der Waals surface area (Å²) in [5.74, 6) is 0.821. The van der Waals surface area contributed by atoms with Crippen LogP contribution in [0.25, 0.3) is 0 Å². The zero-order valence-electron chi connectivity index (χ0n) is 12.1. The normalized spacial score (nSPS) is 10.4. The van der Waals surface area contributed by atoms with Crippen molar-refractivity contribution in [3.05, 3.63) is 50.9 Å². The van der Waals surface area contributed by atoms with Crippen LogP contribution in [0.3, 0.4) is 0 Å². The second-order valence-electron chi connectivity index (χ2n) is 4.75. The molecule has 6 heteroatoms. The predicted molar refractivity (Wildman–Crippen MR) is 85.3 cm³/mol. The van der Waals surface area contributed by atoms with Crippen molar-refractivity contribution in [3.8, 4) is 5.75 Å². The fraction of sp³-hybridized carbons (Fsp3) is 0.333. The lowest BCUT2D eigenvalue weighted by molar-refractivity contribution is -0.380. The molecule has 0 fully saturated rings. The molecule has 1 aromatic heterocycles. The summed E-state index contributed by atoms with van der Waals surface area (Å²) in [6.07, 6.45) is 0.949. The van der Waals surface area contributed by atoms with E-state index in [4.69, 9.17) is 4.74 Å². The fourth-order valence-corrected chi connectivity index (χ4v) is 2.58. The van der Waals surface area contributed by atoms with Crippen molar-refractivity contribution in [1.29, 1.82) is 0 Å². The van der Waals surface area contributed by atoms with Gasteiger partial charge in [-0.1, -0.05) is 24.3 Å². The molecular weight excluding hydrogens is 288 g/mol. The van der Waals surface area contributed by atoms with Crippen LogP contribution in [0.1, 0.15) is 24.5 Å². The molecule has 1 heterocycles. The molecular formula is C15H18N2O3S. The quantitative estimate of drug-likeness (QED) is 0.609. The van der Waals surface area contributed by atoms with Gasteiger partial charge in [0.15, 0.2) is 0 Å². The van der Waals surface area contributed by atoms with Gasteiger partial charge in [0.05, 0.1) is 17.2 Å². The van der Waals surface area contributed by atoms with Crippen LogP contribution in [0.2, 0.25) is 0 Å². The predicted octanol–water partition coefficient (Wildman–Crippen LogP) is 4.37. The van der Waals surface area contributed by atoms with Crippen LogP contribution in [0.5, 0.6) is 5.75 Å². The van der Waals surface area contributed by atoms with Crippen molar-refractivity contribution in [2.24, 2.45) is 0 Å². The van der Waals surface area contributed by atoms with Gasteiger partial charge in [0, 0.05) is 18.0 Å².